The van der Waals surface area contributed by atoms with Gasteiger partial charge in [0.05, 0.1) is 15.1 Å². The average molecular weight is 394 g/mol. The number of benzene rings is 2. The Labute approximate surface area is 144 Å². The number of nitrogens with two attached hydrogens (primary N) is 1. The number of rotatable bonds is 3. The molecule has 0 aliphatic rings. The van der Waals surface area contributed by atoms with Crippen molar-refractivity contribution in [3.05, 3.63) is 63.3 Å². The number of anilines is 1. The van der Waals surface area contributed by atoms with Crippen LogP contribution in [0.4, 0.5) is 5.69 Å². The Kier molecular flexibility index (Phi) is 4.11. The summed E-state index contributed by atoms with van der Waals surface area (Å²) in [5.41, 5.74) is 6.41. The van der Waals surface area contributed by atoms with Crippen molar-refractivity contribution < 1.29 is 14.0 Å². The van der Waals surface area contributed by atoms with Gasteiger partial charge in [-0.25, -0.2) is 0 Å². The summed E-state index contributed by atoms with van der Waals surface area (Å²) in [4.78, 5) is 23.4. The van der Waals surface area contributed by atoms with Crippen molar-refractivity contribution in [2.75, 3.05) is 5.32 Å². The fraction of sp³-hybridized carbons (Fsp3) is 0. The van der Waals surface area contributed by atoms with E-state index < -0.39 is 11.8 Å². The zero-order chi connectivity index (χ0) is 16.6. The molecule has 116 valence electrons. The fourth-order valence-corrected chi connectivity index (χ4v) is 2.86. The van der Waals surface area contributed by atoms with Crippen LogP contribution in [-0.2, 0) is 0 Å². The van der Waals surface area contributed by atoms with Gasteiger partial charge in [0.1, 0.15) is 5.58 Å². The van der Waals surface area contributed by atoms with Gasteiger partial charge in [-0.15, -0.1) is 0 Å². The van der Waals surface area contributed by atoms with Gasteiger partial charge in [0.15, 0.2) is 5.76 Å². The molecule has 0 atom stereocenters. The first-order valence-corrected chi connectivity index (χ1v) is 7.71. The van der Waals surface area contributed by atoms with Gasteiger partial charge in [-0.3, -0.25) is 9.59 Å². The van der Waals surface area contributed by atoms with E-state index in [2.05, 4.69) is 21.2 Å². The number of carbonyl (C=O) groups excluding carboxylic acids is 2. The molecule has 2 aromatic carbocycles. The van der Waals surface area contributed by atoms with E-state index in [1.807, 2.05) is 18.2 Å². The summed E-state index contributed by atoms with van der Waals surface area (Å²) in [5.74, 6) is -0.881. The van der Waals surface area contributed by atoms with Gasteiger partial charge >= 0.3 is 0 Å². The molecule has 0 bridgehead atoms. The smallest absolute Gasteiger partial charge is 0.291 e. The lowest BCUT2D eigenvalue weighted by Gasteiger charge is -2.05. The van der Waals surface area contributed by atoms with Crippen LogP contribution in [0.1, 0.15) is 20.9 Å². The van der Waals surface area contributed by atoms with Crippen LogP contribution < -0.4 is 11.1 Å². The molecule has 0 radical (unpaired) electrons. The molecule has 3 N–H and O–H groups in total. The maximum Gasteiger partial charge on any atom is 0.291 e. The second-order valence-electron chi connectivity index (χ2n) is 4.78. The number of para-hydroxylation sites is 1. The van der Waals surface area contributed by atoms with Gasteiger partial charge in [-0.2, -0.15) is 0 Å². The van der Waals surface area contributed by atoms with Crippen LogP contribution in [-0.4, -0.2) is 11.8 Å². The molecule has 0 saturated heterocycles. The number of carbonyl (C=O) groups is 2. The van der Waals surface area contributed by atoms with Crippen LogP contribution in [0.3, 0.4) is 0 Å². The maximum atomic E-state index is 12.3. The van der Waals surface area contributed by atoms with Crippen LogP contribution in [0.2, 0.25) is 5.02 Å². The van der Waals surface area contributed by atoms with Gasteiger partial charge in [-0.05, 0) is 46.3 Å². The fourth-order valence-electron chi connectivity index (χ4n) is 2.12. The third-order valence-corrected chi connectivity index (χ3v) is 4.15. The van der Waals surface area contributed by atoms with E-state index >= 15 is 0 Å². The average Bonchev–Trinajstić information content (AvgIpc) is 2.92. The molecular weight excluding hydrogens is 384 g/mol. The summed E-state index contributed by atoms with van der Waals surface area (Å²) in [6.07, 6.45) is 0. The molecule has 0 fully saturated rings. The number of hydrogen-bond donors (Lipinski definition) is 2. The Balaban J connectivity index is 1.87. The third-order valence-electron chi connectivity index (χ3n) is 3.21. The Bertz CT molecular complexity index is 936. The Morgan fingerprint density at radius 2 is 1.96 bits per heavy atom. The van der Waals surface area contributed by atoms with Crippen molar-refractivity contribution in [2.24, 2.45) is 5.73 Å². The molecule has 0 spiro atoms. The van der Waals surface area contributed by atoms with E-state index in [1.54, 1.807) is 12.1 Å². The largest absolute Gasteiger partial charge is 0.450 e. The lowest BCUT2D eigenvalue weighted by atomic mass is 10.2. The molecule has 7 heteroatoms. The SMILES string of the molecule is NC(=O)c1ccc(NC(=O)c2cc3cccc(Br)c3o2)cc1Cl. The maximum absolute atomic E-state index is 12.3. The van der Waals surface area contributed by atoms with E-state index in [0.717, 1.165) is 9.86 Å². The number of fused-ring (bicyclic) bond motifs is 1. The summed E-state index contributed by atoms with van der Waals surface area (Å²) < 4.78 is 6.33. The molecule has 3 rings (SSSR count). The quantitative estimate of drug-likeness (QED) is 0.699. The standard InChI is InChI=1S/C16H10BrClN2O3/c17-11-3-1-2-8-6-13(23-14(8)11)16(22)20-9-4-5-10(15(19)21)12(18)7-9/h1-7H,(H2,19,21)(H,20,22). The first-order chi connectivity index (χ1) is 11.0. The van der Waals surface area contributed by atoms with Gasteiger partial charge in [0, 0.05) is 11.1 Å². The first kappa shape index (κ1) is 15.6. The molecule has 2 amide bonds. The molecule has 1 heterocycles. The van der Waals surface area contributed by atoms with Crippen molar-refractivity contribution in [1.29, 1.82) is 0 Å². The van der Waals surface area contributed by atoms with Crippen molar-refractivity contribution in [2.45, 2.75) is 0 Å². The molecule has 1 aromatic heterocycles. The molecule has 0 aliphatic heterocycles. The predicted octanol–water partition coefficient (Wildman–Crippen LogP) is 4.20. The Morgan fingerprint density at radius 3 is 2.61 bits per heavy atom. The van der Waals surface area contributed by atoms with E-state index in [-0.39, 0.29) is 16.3 Å². The molecular formula is C16H10BrClN2O3. The van der Waals surface area contributed by atoms with Gasteiger partial charge in [0.2, 0.25) is 5.91 Å². The number of furan rings is 1. The summed E-state index contributed by atoms with van der Waals surface area (Å²) >= 11 is 9.33. The van der Waals surface area contributed by atoms with Crippen molar-refractivity contribution >= 4 is 56.0 Å². The van der Waals surface area contributed by atoms with E-state index in [9.17, 15) is 9.59 Å². The normalized spacial score (nSPS) is 10.7. The minimum absolute atomic E-state index is 0.169. The Hall–Kier alpha value is -2.31. The summed E-state index contributed by atoms with van der Waals surface area (Å²) in [6.45, 7) is 0. The predicted molar refractivity (Wildman–Crippen MR) is 91.8 cm³/mol. The van der Waals surface area contributed by atoms with Crippen LogP contribution >= 0.6 is 27.5 Å². The second-order valence-corrected chi connectivity index (χ2v) is 6.04. The number of hydrogen-bond acceptors (Lipinski definition) is 3. The molecule has 0 saturated carbocycles. The number of halogens is 2. The topological polar surface area (TPSA) is 85.3 Å². The lowest BCUT2D eigenvalue weighted by Crippen LogP contribution is -2.13. The van der Waals surface area contributed by atoms with Crippen molar-refractivity contribution in [3.63, 3.8) is 0 Å². The molecule has 0 aliphatic carbocycles. The van der Waals surface area contributed by atoms with E-state index in [0.29, 0.717) is 11.3 Å². The monoisotopic (exact) mass is 392 g/mol. The van der Waals surface area contributed by atoms with Gasteiger partial charge in [0.25, 0.3) is 5.91 Å². The molecule has 0 unspecified atom stereocenters. The zero-order valence-corrected chi connectivity index (χ0v) is 13.9. The number of primary amides is 1. The highest BCUT2D eigenvalue weighted by molar-refractivity contribution is 9.10. The second kappa shape index (κ2) is 6.06. The summed E-state index contributed by atoms with van der Waals surface area (Å²) in [7, 11) is 0. The van der Waals surface area contributed by atoms with E-state index in [4.69, 9.17) is 21.8 Å². The highest BCUT2D eigenvalue weighted by Crippen LogP contribution is 2.28. The van der Waals surface area contributed by atoms with Crippen molar-refractivity contribution in [3.8, 4) is 0 Å². The van der Waals surface area contributed by atoms with Gasteiger partial charge < -0.3 is 15.5 Å². The lowest BCUT2D eigenvalue weighted by molar-refractivity contribution is 0.0992. The zero-order valence-electron chi connectivity index (χ0n) is 11.6. The Morgan fingerprint density at radius 1 is 1.17 bits per heavy atom. The van der Waals surface area contributed by atoms with Crippen molar-refractivity contribution in [1.82, 2.24) is 0 Å². The van der Waals surface area contributed by atoms with Crippen LogP contribution in [0.15, 0.2) is 51.4 Å². The van der Waals surface area contributed by atoms with Crippen LogP contribution in [0.25, 0.3) is 11.0 Å². The number of nitrogens with one attached hydrogen (secondary N) is 1. The summed E-state index contributed by atoms with van der Waals surface area (Å²) in [6, 6.07) is 11.6. The number of amides is 2. The van der Waals surface area contributed by atoms with Gasteiger partial charge in [-0.1, -0.05) is 23.7 Å². The third kappa shape index (κ3) is 3.09. The molecule has 5 nitrogen and oxygen atoms in total. The highest BCUT2D eigenvalue weighted by Gasteiger charge is 2.15. The molecule has 3 aromatic rings. The molecule has 23 heavy (non-hydrogen) atoms. The van der Waals surface area contributed by atoms with Crippen LogP contribution in [0.5, 0.6) is 0 Å². The van der Waals surface area contributed by atoms with E-state index in [1.165, 1.54) is 12.1 Å². The minimum Gasteiger partial charge on any atom is -0.450 e. The minimum atomic E-state index is -0.630. The first-order valence-electron chi connectivity index (χ1n) is 6.54. The summed E-state index contributed by atoms with van der Waals surface area (Å²) in [5, 5.41) is 3.64. The highest BCUT2D eigenvalue weighted by atomic mass is 79.9. The van der Waals surface area contributed by atoms with Crippen LogP contribution in [0, 0.1) is 0 Å².